The zero-order chi connectivity index (χ0) is 9.14. The number of carboxylic acids is 1. The second-order valence-corrected chi connectivity index (χ2v) is 1.94. The molecule has 0 spiro atoms. The molecule has 0 aliphatic heterocycles. The molecule has 0 atom stereocenters. The van der Waals surface area contributed by atoms with Crippen LogP contribution in [0, 0.1) is 0 Å². The average Bonchev–Trinajstić information content (AvgIpc) is 2.04. The van der Waals surface area contributed by atoms with Crippen LogP contribution < -0.4 is 4.74 Å². The van der Waals surface area contributed by atoms with Gasteiger partial charge in [-0.25, -0.2) is 4.79 Å². The third kappa shape index (κ3) is 1.70. The van der Waals surface area contributed by atoms with Crippen molar-refractivity contribution < 1.29 is 16.0 Å². The van der Waals surface area contributed by atoms with E-state index in [1.165, 1.54) is 13.2 Å². The van der Waals surface area contributed by atoms with Gasteiger partial charge in [0, 0.05) is 0 Å². The van der Waals surface area contributed by atoms with E-state index >= 15 is 0 Å². The zero-order valence-corrected chi connectivity index (χ0v) is 6.00. The predicted molar refractivity (Wildman–Crippen MR) is 40.0 cm³/mol. The summed E-state index contributed by atoms with van der Waals surface area (Å²) < 4.78 is 12.2. The molecular weight excluding hydrogens is 144 g/mol. The summed E-state index contributed by atoms with van der Waals surface area (Å²) in [5.74, 6) is -0.839. The third-order valence-corrected chi connectivity index (χ3v) is 1.22. The lowest BCUT2D eigenvalue weighted by Crippen LogP contribution is -1.95. The average molecular weight is 153 g/mol. The number of rotatable bonds is 2. The largest absolute Gasteiger partial charge is 0.497 e. The number of hydrogen-bond acceptors (Lipinski definition) is 2. The molecule has 0 saturated heterocycles. The fraction of sp³-hybridized carbons (Fsp3) is 0.125. The van der Waals surface area contributed by atoms with E-state index in [-0.39, 0.29) is 17.4 Å². The molecule has 3 nitrogen and oxygen atoms in total. The van der Waals surface area contributed by atoms with E-state index in [9.17, 15) is 4.79 Å². The standard InChI is InChI=1S/C8H8O3/c1-11-7-4-2-3-6(5-7)8(9)10/h2-5H,1H3,(H,9,10)/i5D. The molecule has 0 saturated carbocycles. The van der Waals surface area contributed by atoms with Gasteiger partial charge in [-0.2, -0.15) is 0 Å². The van der Waals surface area contributed by atoms with E-state index in [0.717, 1.165) is 0 Å². The Bertz CT molecular complexity index is 309. The van der Waals surface area contributed by atoms with Gasteiger partial charge in [0.05, 0.1) is 14.0 Å². The Kier molecular flexibility index (Phi) is 1.73. The van der Waals surface area contributed by atoms with Gasteiger partial charge >= 0.3 is 5.97 Å². The molecule has 1 aromatic carbocycles. The molecule has 0 aliphatic rings. The van der Waals surface area contributed by atoms with Crippen molar-refractivity contribution in [3.05, 3.63) is 29.8 Å². The lowest BCUT2D eigenvalue weighted by atomic mass is 10.2. The quantitative estimate of drug-likeness (QED) is 0.698. The van der Waals surface area contributed by atoms with Crippen molar-refractivity contribution in [3.8, 4) is 5.75 Å². The Morgan fingerprint density at radius 1 is 1.73 bits per heavy atom. The summed E-state index contributed by atoms with van der Waals surface area (Å²) in [6, 6.07) is 4.37. The van der Waals surface area contributed by atoms with Crippen LogP contribution in [0.4, 0.5) is 0 Å². The van der Waals surface area contributed by atoms with Crippen LogP contribution >= 0.6 is 0 Å². The van der Waals surface area contributed by atoms with Gasteiger partial charge in [-0.1, -0.05) is 6.07 Å². The maximum Gasteiger partial charge on any atom is 0.335 e. The van der Waals surface area contributed by atoms with Gasteiger partial charge < -0.3 is 9.84 Å². The highest BCUT2D eigenvalue weighted by Crippen LogP contribution is 2.11. The van der Waals surface area contributed by atoms with Crippen molar-refractivity contribution in [2.45, 2.75) is 0 Å². The summed E-state index contributed by atoms with van der Waals surface area (Å²) in [6.07, 6.45) is 0. The first-order chi connectivity index (χ1) is 5.66. The second-order valence-electron chi connectivity index (χ2n) is 1.94. The highest BCUT2D eigenvalue weighted by Gasteiger charge is 2.01. The summed E-state index contributed by atoms with van der Waals surface area (Å²) in [5, 5.41) is 8.61. The molecule has 0 unspecified atom stereocenters. The van der Waals surface area contributed by atoms with Crippen molar-refractivity contribution in [2.75, 3.05) is 7.11 Å². The molecule has 0 aromatic heterocycles. The fourth-order valence-corrected chi connectivity index (χ4v) is 0.692. The van der Waals surface area contributed by atoms with Gasteiger partial charge in [-0.05, 0) is 18.2 Å². The van der Waals surface area contributed by atoms with E-state index in [4.69, 9.17) is 11.2 Å². The van der Waals surface area contributed by atoms with Gasteiger partial charge in [0.1, 0.15) is 5.75 Å². The van der Waals surface area contributed by atoms with Crippen LogP contribution in [0.5, 0.6) is 5.75 Å². The molecule has 0 aliphatic carbocycles. The smallest absolute Gasteiger partial charge is 0.335 e. The molecule has 0 bridgehead atoms. The topological polar surface area (TPSA) is 46.5 Å². The summed E-state index contributed by atoms with van der Waals surface area (Å²) >= 11 is 0. The van der Waals surface area contributed by atoms with Gasteiger partial charge in [-0.15, -0.1) is 0 Å². The van der Waals surface area contributed by atoms with E-state index in [1.807, 2.05) is 0 Å². The van der Waals surface area contributed by atoms with Crippen molar-refractivity contribution in [1.29, 1.82) is 0 Å². The third-order valence-electron chi connectivity index (χ3n) is 1.22. The molecule has 3 heteroatoms. The summed E-state index contributed by atoms with van der Waals surface area (Å²) in [5.41, 5.74) is -0.0469. The molecule has 1 N–H and O–H groups in total. The molecule has 0 radical (unpaired) electrons. The summed E-state index contributed by atoms with van der Waals surface area (Å²) in [4.78, 5) is 10.5. The number of carboxylic acid groups (broad SMARTS) is 1. The first kappa shape index (κ1) is 6.22. The maximum atomic E-state index is 10.5. The van der Waals surface area contributed by atoms with Crippen molar-refractivity contribution in [1.82, 2.24) is 0 Å². The van der Waals surface area contributed by atoms with Crippen molar-refractivity contribution in [3.63, 3.8) is 0 Å². The number of ether oxygens (including phenoxy) is 1. The van der Waals surface area contributed by atoms with Crippen molar-refractivity contribution >= 4 is 5.97 Å². The Morgan fingerprint density at radius 3 is 3.00 bits per heavy atom. The van der Waals surface area contributed by atoms with Crippen LogP contribution in [0.2, 0.25) is 0 Å². The number of carbonyl (C=O) groups is 1. The molecule has 0 heterocycles. The predicted octanol–water partition coefficient (Wildman–Crippen LogP) is 1.39. The Morgan fingerprint density at radius 2 is 2.45 bits per heavy atom. The minimum absolute atomic E-state index is 0.0469. The van der Waals surface area contributed by atoms with E-state index in [0.29, 0.717) is 0 Å². The zero-order valence-electron chi connectivity index (χ0n) is 7.00. The molecule has 1 aromatic rings. The molecule has 58 valence electrons. The lowest BCUT2D eigenvalue weighted by Gasteiger charge is -1.98. The van der Waals surface area contributed by atoms with Crippen LogP contribution in [0.15, 0.2) is 24.2 Å². The molecule has 1 rings (SSSR count). The second kappa shape index (κ2) is 3.05. The summed E-state index contributed by atoms with van der Waals surface area (Å²) in [6.45, 7) is 0. The van der Waals surface area contributed by atoms with E-state index in [2.05, 4.69) is 0 Å². The van der Waals surface area contributed by atoms with Gasteiger partial charge in [0.15, 0.2) is 0 Å². The van der Waals surface area contributed by atoms with Crippen LogP contribution in [0.1, 0.15) is 11.7 Å². The van der Waals surface area contributed by atoms with E-state index in [1.54, 1.807) is 12.1 Å². The molecule has 11 heavy (non-hydrogen) atoms. The highest BCUT2D eigenvalue weighted by atomic mass is 16.5. The number of hydrogen-bond donors (Lipinski definition) is 1. The Labute approximate surface area is 65.6 Å². The molecular formula is C8H8O3. The van der Waals surface area contributed by atoms with Crippen molar-refractivity contribution in [2.24, 2.45) is 0 Å². The highest BCUT2D eigenvalue weighted by molar-refractivity contribution is 5.87. The maximum absolute atomic E-state index is 10.5. The molecule has 0 fully saturated rings. The number of methoxy groups -OCH3 is 1. The first-order valence-electron chi connectivity index (χ1n) is 3.53. The van der Waals surface area contributed by atoms with E-state index < -0.39 is 5.97 Å². The summed E-state index contributed by atoms with van der Waals surface area (Å²) in [7, 11) is 1.40. The molecule has 0 amide bonds. The number of benzene rings is 1. The fourth-order valence-electron chi connectivity index (χ4n) is 0.692. The van der Waals surface area contributed by atoms with Crippen LogP contribution in [0.3, 0.4) is 0 Å². The normalized spacial score (nSPS) is 10.5. The Hall–Kier alpha value is -1.51. The lowest BCUT2D eigenvalue weighted by molar-refractivity contribution is 0.0696. The monoisotopic (exact) mass is 153 g/mol. The van der Waals surface area contributed by atoms with Gasteiger partial charge in [-0.3, -0.25) is 0 Å². The van der Waals surface area contributed by atoms with Gasteiger partial charge in [0.2, 0.25) is 0 Å². The SMILES string of the molecule is [2H]c1c(OC)cccc1C(=O)O. The first-order valence-corrected chi connectivity index (χ1v) is 3.03. The number of aromatic carboxylic acids is 1. The van der Waals surface area contributed by atoms with Crippen LogP contribution in [0.25, 0.3) is 0 Å². The van der Waals surface area contributed by atoms with Crippen LogP contribution in [-0.2, 0) is 0 Å². The minimum Gasteiger partial charge on any atom is -0.497 e. The Balaban J connectivity index is 3.23. The minimum atomic E-state index is -1.11. The van der Waals surface area contributed by atoms with Crippen LogP contribution in [-0.4, -0.2) is 18.2 Å². The van der Waals surface area contributed by atoms with Gasteiger partial charge in [0.25, 0.3) is 0 Å².